The molecule has 0 bridgehead atoms. The van der Waals surface area contributed by atoms with Crippen molar-refractivity contribution < 1.29 is 47.9 Å². The van der Waals surface area contributed by atoms with E-state index in [1.165, 1.54) is 32.9 Å². The fourth-order valence-corrected chi connectivity index (χ4v) is 6.37. The Kier molecular flexibility index (Phi) is 14.3. The van der Waals surface area contributed by atoms with Crippen molar-refractivity contribution in [2.75, 3.05) is 7.11 Å². The van der Waals surface area contributed by atoms with Crippen LogP contribution in [0.15, 0.2) is 66.3 Å². The summed E-state index contributed by atoms with van der Waals surface area (Å²) in [5, 5.41) is 24.4. The number of benzene rings is 1. The zero-order chi connectivity index (χ0) is 36.5. The van der Waals surface area contributed by atoms with Gasteiger partial charge in [0.1, 0.15) is 29.6 Å². The number of carbonyl (C=O) groups is 3. The maximum atomic E-state index is 16.7. The number of rotatable bonds is 12. The van der Waals surface area contributed by atoms with Gasteiger partial charge in [0.25, 0.3) is 5.91 Å². The molecule has 1 fully saturated rings. The van der Waals surface area contributed by atoms with Crippen molar-refractivity contribution >= 4 is 17.8 Å². The number of aliphatic hydroxyl groups excluding tert-OH is 1. The summed E-state index contributed by atoms with van der Waals surface area (Å²) in [6, 6.07) is 7.55. The predicted octanol–water partition coefficient (Wildman–Crippen LogP) is 5.18. The molecule has 3 unspecified atom stereocenters. The number of carbonyl (C=O) groups excluding carboxylic acids is 3. The Bertz CT molecular complexity index is 1350. The summed E-state index contributed by atoms with van der Waals surface area (Å²) >= 11 is 0. The van der Waals surface area contributed by atoms with Crippen LogP contribution < -0.4 is 5.32 Å². The molecule has 11 heteroatoms. The number of alkyl halides is 1. The van der Waals surface area contributed by atoms with Gasteiger partial charge in [-0.15, -0.1) is 0 Å². The quantitative estimate of drug-likeness (QED) is 0.117. The van der Waals surface area contributed by atoms with Gasteiger partial charge in [-0.25, -0.2) is 4.39 Å². The lowest BCUT2D eigenvalue weighted by atomic mass is 9.87. The Morgan fingerprint density at radius 2 is 1.88 bits per heavy atom. The number of hydrogen-bond acceptors (Lipinski definition) is 9. The van der Waals surface area contributed by atoms with Crippen LogP contribution in [0.5, 0.6) is 0 Å². The van der Waals surface area contributed by atoms with Crippen molar-refractivity contribution in [3.05, 3.63) is 71.8 Å². The first-order valence-corrected chi connectivity index (χ1v) is 17.0. The minimum Gasteiger partial charge on any atom is -0.457 e. The lowest BCUT2D eigenvalue weighted by Gasteiger charge is -2.32. The van der Waals surface area contributed by atoms with E-state index in [9.17, 15) is 24.6 Å². The van der Waals surface area contributed by atoms with Gasteiger partial charge < -0.3 is 34.5 Å². The fourth-order valence-electron chi connectivity index (χ4n) is 6.37. The van der Waals surface area contributed by atoms with Gasteiger partial charge in [-0.1, -0.05) is 57.2 Å². The van der Waals surface area contributed by atoms with Crippen LogP contribution in [0.1, 0.15) is 84.5 Å². The van der Waals surface area contributed by atoms with Gasteiger partial charge in [-0.3, -0.25) is 14.4 Å². The van der Waals surface area contributed by atoms with Crippen molar-refractivity contribution in [2.24, 2.45) is 11.8 Å². The minimum absolute atomic E-state index is 0.0361. The summed E-state index contributed by atoms with van der Waals surface area (Å²) in [6.45, 7) is 11.7. The van der Waals surface area contributed by atoms with Crippen LogP contribution in [0.25, 0.3) is 0 Å². The van der Waals surface area contributed by atoms with E-state index in [4.69, 9.17) is 18.9 Å². The summed E-state index contributed by atoms with van der Waals surface area (Å²) in [5.74, 6) is -2.12. The zero-order valence-electron chi connectivity index (χ0n) is 29.9. The molecule has 1 amide bonds. The van der Waals surface area contributed by atoms with Crippen LogP contribution in [-0.2, 0) is 28.5 Å². The van der Waals surface area contributed by atoms with Gasteiger partial charge in [-0.2, -0.15) is 0 Å². The van der Waals surface area contributed by atoms with Crippen molar-refractivity contribution in [3.63, 3.8) is 0 Å². The van der Waals surface area contributed by atoms with Gasteiger partial charge in [-0.05, 0) is 69.9 Å². The molecule has 3 rings (SSSR count). The largest absolute Gasteiger partial charge is 0.457 e. The van der Waals surface area contributed by atoms with Gasteiger partial charge in [0.2, 0.25) is 0 Å². The second-order valence-corrected chi connectivity index (χ2v) is 13.8. The van der Waals surface area contributed by atoms with Crippen LogP contribution in [-0.4, -0.2) is 89.1 Å². The summed E-state index contributed by atoms with van der Waals surface area (Å²) in [6.07, 6.45) is 4.47. The summed E-state index contributed by atoms with van der Waals surface area (Å²) in [5.41, 5.74) is -2.58. The number of amides is 1. The second-order valence-electron chi connectivity index (χ2n) is 13.8. The first-order valence-electron chi connectivity index (χ1n) is 17.0. The zero-order valence-corrected chi connectivity index (χ0v) is 29.9. The molecule has 1 aromatic carbocycles. The monoisotopic (exact) mass is 687 g/mol. The van der Waals surface area contributed by atoms with Crippen LogP contribution >= 0.6 is 0 Å². The van der Waals surface area contributed by atoms with Crippen molar-refractivity contribution in [2.45, 2.75) is 128 Å². The molecule has 0 radical (unpaired) electrons. The lowest BCUT2D eigenvalue weighted by Crippen LogP contribution is -2.52. The Hall–Kier alpha value is -3.38. The normalized spacial score (nSPS) is 31.3. The lowest BCUT2D eigenvalue weighted by molar-refractivity contribution is -0.157. The molecule has 272 valence electrons. The number of esters is 2. The van der Waals surface area contributed by atoms with E-state index in [2.05, 4.69) is 5.32 Å². The smallest absolute Gasteiger partial charge is 0.309 e. The minimum atomic E-state index is -2.06. The van der Waals surface area contributed by atoms with Crippen molar-refractivity contribution in [1.29, 1.82) is 0 Å². The van der Waals surface area contributed by atoms with Crippen LogP contribution in [0.2, 0.25) is 0 Å². The highest BCUT2D eigenvalue weighted by Gasteiger charge is 2.55. The molecular formula is C38H54FNO9. The third kappa shape index (κ3) is 11.3. The van der Waals surface area contributed by atoms with E-state index in [0.29, 0.717) is 11.1 Å². The molecule has 10 nitrogen and oxygen atoms in total. The van der Waals surface area contributed by atoms with E-state index in [1.807, 2.05) is 13.8 Å². The maximum absolute atomic E-state index is 16.7. The molecule has 0 saturated carbocycles. The number of cyclic esters (lactones) is 1. The molecule has 0 aliphatic carbocycles. The van der Waals surface area contributed by atoms with Crippen LogP contribution in [0.4, 0.5) is 4.39 Å². The van der Waals surface area contributed by atoms with Crippen LogP contribution in [0, 0.1) is 11.8 Å². The van der Waals surface area contributed by atoms with Gasteiger partial charge in [0, 0.05) is 31.4 Å². The molecule has 0 spiro atoms. The van der Waals surface area contributed by atoms with Gasteiger partial charge in [0.05, 0.1) is 30.8 Å². The average molecular weight is 688 g/mol. The SMILES string of the molecule is CC[C@H](OC)[C@@H](C)[C@H]1O[C@@H]1C(NC(=O)c1ccccc1)C(C)(F)C=CC=C(C)C1OC(=O)C[C@H](O)CC[C@@](C)(O)[C@@H](OC(C)=O)C=C[C@@H]1C. The predicted molar refractivity (Wildman–Crippen MR) is 183 cm³/mol. The molecule has 2 aliphatic rings. The highest BCUT2D eigenvalue weighted by molar-refractivity contribution is 5.94. The molecule has 2 heterocycles. The first kappa shape index (κ1) is 40.1. The van der Waals surface area contributed by atoms with Crippen molar-refractivity contribution in [3.8, 4) is 0 Å². The van der Waals surface area contributed by atoms with E-state index in [0.717, 1.165) is 6.42 Å². The van der Waals surface area contributed by atoms with E-state index in [-0.39, 0.29) is 37.4 Å². The van der Waals surface area contributed by atoms with E-state index < -0.39 is 65.5 Å². The van der Waals surface area contributed by atoms with Crippen molar-refractivity contribution in [1.82, 2.24) is 5.32 Å². The topological polar surface area (TPSA) is 144 Å². The number of epoxide rings is 1. The Morgan fingerprint density at radius 1 is 1.20 bits per heavy atom. The average Bonchev–Trinajstić information content (AvgIpc) is 3.83. The number of methoxy groups -OCH3 is 1. The molecule has 0 aromatic heterocycles. The fraction of sp³-hybridized carbons (Fsp3) is 0.605. The Morgan fingerprint density at radius 3 is 2.49 bits per heavy atom. The molecular weight excluding hydrogens is 633 g/mol. The molecule has 1 aromatic rings. The molecule has 11 atom stereocenters. The second kappa shape index (κ2) is 17.5. The highest BCUT2D eigenvalue weighted by atomic mass is 19.1. The highest BCUT2D eigenvalue weighted by Crippen LogP contribution is 2.40. The number of nitrogens with one attached hydrogen (secondary N) is 1. The third-order valence-corrected chi connectivity index (χ3v) is 9.48. The van der Waals surface area contributed by atoms with Gasteiger partial charge in [0.15, 0.2) is 0 Å². The van der Waals surface area contributed by atoms with E-state index >= 15 is 4.39 Å². The number of allylic oxidation sites excluding steroid dienone is 2. The number of aliphatic hydroxyl groups is 2. The number of ether oxygens (including phenoxy) is 4. The summed E-state index contributed by atoms with van der Waals surface area (Å²) in [4.78, 5) is 37.8. The molecule has 49 heavy (non-hydrogen) atoms. The summed E-state index contributed by atoms with van der Waals surface area (Å²) < 4.78 is 39.5. The Balaban J connectivity index is 1.89. The molecule has 2 aliphatic heterocycles. The first-order chi connectivity index (χ1) is 23.0. The maximum Gasteiger partial charge on any atom is 0.309 e. The van der Waals surface area contributed by atoms with Crippen LogP contribution in [0.3, 0.4) is 0 Å². The standard InChI is InChI=1S/C38H54FNO9/c1-9-29(46-8)25(4)33-34(49-33)35(40-36(44)27-15-11-10-12-16-27)37(6,39)20-13-14-23(2)32-24(3)17-18-30(47-26(5)41)38(7,45)21-19-28(42)22-31(43)48-32/h10-18,20,24-25,28-30,32-35,42,45H,9,19,21-22H2,1-8H3,(H,40,44)/t24-,25+,28+,29-,30-,32?,33+,34-,35?,37?,38+/m0/s1. The number of hydrogen-bond donors (Lipinski definition) is 3. The Labute approximate surface area is 289 Å². The molecule has 3 N–H and O–H groups in total. The van der Waals surface area contributed by atoms with Gasteiger partial charge >= 0.3 is 11.9 Å². The number of halogens is 1. The molecule has 1 saturated heterocycles. The van der Waals surface area contributed by atoms with E-state index in [1.54, 1.807) is 69.5 Å². The summed E-state index contributed by atoms with van der Waals surface area (Å²) in [7, 11) is 1.63. The third-order valence-electron chi connectivity index (χ3n) is 9.48.